The van der Waals surface area contributed by atoms with Crippen LogP contribution in [-0.2, 0) is 14.8 Å². The van der Waals surface area contributed by atoms with E-state index in [-0.39, 0.29) is 9.77 Å². The normalized spacial score (nSPS) is 16.0. The zero-order valence-corrected chi connectivity index (χ0v) is 14.6. The number of aryl methyl sites for hydroxylation is 1. The van der Waals surface area contributed by atoms with Gasteiger partial charge in [-0.15, -0.1) is 11.3 Å². The smallest absolute Gasteiger partial charge is 0.353 e. The zero-order chi connectivity index (χ0) is 17.2. The van der Waals surface area contributed by atoms with Crippen LogP contribution in [0.1, 0.15) is 14.5 Å². The van der Waals surface area contributed by atoms with E-state index in [9.17, 15) is 13.2 Å². The van der Waals surface area contributed by atoms with Crippen LogP contribution >= 0.6 is 11.3 Å². The van der Waals surface area contributed by atoms with E-state index in [1.807, 2.05) is 0 Å². The second-order valence-electron chi connectivity index (χ2n) is 5.13. The first-order chi connectivity index (χ1) is 11.5. The lowest BCUT2D eigenvalue weighted by Crippen LogP contribution is -2.40. The number of esters is 1. The van der Waals surface area contributed by atoms with E-state index in [1.54, 1.807) is 25.3 Å². The molecule has 1 aliphatic heterocycles. The van der Waals surface area contributed by atoms with Gasteiger partial charge in [0.25, 0.3) is 0 Å². The first kappa shape index (κ1) is 17.0. The van der Waals surface area contributed by atoms with E-state index >= 15 is 0 Å². The van der Waals surface area contributed by atoms with Crippen molar-refractivity contribution in [3.8, 4) is 5.75 Å². The summed E-state index contributed by atoms with van der Waals surface area (Å²) in [6.07, 6.45) is 2.99. The van der Waals surface area contributed by atoms with Gasteiger partial charge in [0, 0.05) is 24.2 Å². The average molecular weight is 368 g/mol. The molecule has 1 aliphatic rings. The Morgan fingerprint density at radius 1 is 1.38 bits per heavy atom. The molecule has 0 spiro atoms. The first-order valence-corrected chi connectivity index (χ1v) is 9.54. The quantitative estimate of drug-likeness (QED) is 0.764. The number of ether oxygens (including phenoxy) is 2. The Hall–Kier alpha value is -1.81. The van der Waals surface area contributed by atoms with Crippen LogP contribution in [0.2, 0.25) is 0 Å². The monoisotopic (exact) mass is 368 g/mol. The highest BCUT2D eigenvalue weighted by Gasteiger charge is 2.30. The van der Waals surface area contributed by atoms with Gasteiger partial charge in [0.2, 0.25) is 10.0 Å². The minimum Gasteiger partial charge on any atom is -0.421 e. The van der Waals surface area contributed by atoms with E-state index in [0.29, 0.717) is 36.9 Å². The molecule has 9 heteroatoms. The maximum Gasteiger partial charge on any atom is 0.353 e. The van der Waals surface area contributed by atoms with Crippen molar-refractivity contribution in [1.29, 1.82) is 0 Å². The SMILES string of the molecule is Cc1sc(C(=O)Oc2cccnc2)cc1S(=O)(=O)N1CCOCC1. The summed E-state index contributed by atoms with van der Waals surface area (Å²) in [4.78, 5) is 17.0. The van der Waals surface area contributed by atoms with E-state index in [1.165, 1.54) is 16.6 Å². The molecule has 0 saturated carbocycles. The molecule has 0 radical (unpaired) electrons. The predicted molar refractivity (Wildman–Crippen MR) is 87.8 cm³/mol. The van der Waals surface area contributed by atoms with Gasteiger partial charge in [-0.2, -0.15) is 4.31 Å². The van der Waals surface area contributed by atoms with E-state index < -0.39 is 16.0 Å². The number of sulfonamides is 1. The predicted octanol–water partition coefficient (Wildman–Crippen LogP) is 1.69. The number of carbonyl (C=O) groups excluding carboxylic acids is 1. The average Bonchev–Trinajstić information content (AvgIpc) is 2.99. The van der Waals surface area contributed by atoms with E-state index in [0.717, 1.165) is 11.3 Å². The van der Waals surface area contributed by atoms with Crippen LogP contribution < -0.4 is 4.74 Å². The molecule has 1 fully saturated rings. The molecular weight excluding hydrogens is 352 g/mol. The molecule has 0 aliphatic carbocycles. The van der Waals surface area contributed by atoms with Gasteiger partial charge in [-0.05, 0) is 25.1 Å². The Labute approximate surface area is 143 Å². The second-order valence-corrected chi connectivity index (χ2v) is 8.29. The van der Waals surface area contributed by atoms with Crippen LogP contribution in [0, 0.1) is 6.92 Å². The van der Waals surface area contributed by atoms with Crippen molar-refractivity contribution in [3.05, 3.63) is 40.3 Å². The Bertz CT molecular complexity index is 827. The second kappa shape index (κ2) is 6.98. The maximum absolute atomic E-state index is 12.7. The summed E-state index contributed by atoms with van der Waals surface area (Å²) in [5.41, 5.74) is 0. The molecule has 128 valence electrons. The highest BCUT2D eigenvalue weighted by atomic mass is 32.2. The van der Waals surface area contributed by atoms with Gasteiger partial charge in [0.15, 0.2) is 0 Å². The molecule has 0 unspecified atom stereocenters. The molecule has 0 bridgehead atoms. The molecule has 0 N–H and O–H groups in total. The number of rotatable bonds is 4. The van der Waals surface area contributed by atoms with Crippen molar-refractivity contribution in [1.82, 2.24) is 9.29 Å². The number of hydrogen-bond donors (Lipinski definition) is 0. The van der Waals surface area contributed by atoms with E-state index in [4.69, 9.17) is 9.47 Å². The summed E-state index contributed by atoms with van der Waals surface area (Å²) in [5.74, 6) is -0.286. The third-order valence-corrected chi connectivity index (χ3v) is 6.69. The molecule has 2 aromatic rings. The van der Waals surface area contributed by atoms with Crippen LogP contribution in [-0.4, -0.2) is 50.0 Å². The van der Waals surface area contributed by atoms with Gasteiger partial charge in [-0.25, -0.2) is 13.2 Å². The number of morpholine rings is 1. The summed E-state index contributed by atoms with van der Waals surface area (Å²) in [7, 11) is -3.63. The fourth-order valence-electron chi connectivity index (χ4n) is 2.31. The van der Waals surface area contributed by atoms with Crippen molar-refractivity contribution in [3.63, 3.8) is 0 Å². The molecule has 0 atom stereocenters. The first-order valence-electron chi connectivity index (χ1n) is 7.29. The standard InChI is InChI=1S/C15H16N2O5S2/c1-11-14(24(19,20)17-5-7-21-8-6-17)9-13(23-11)15(18)22-12-3-2-4-16-10-12/h2-4,9-10H,5-8H2,1H3. The number of hydrogen-bond acceptors (Lipinski definition) is 7. The van der Waals surface area contributed by atoms with Gasteiger partial charge >= 0.3 is 5.97 Å². The van der Waals surface area contributed by atoms with Crippen LogP contribution in [0.15, 0.2) is 35.5 Å². The Balaban J connectivity index is 1.83. The van der Waals surface area contributed by atoms with E-state index in [2.05, 4.69) is 4.98 Å². The van der Waals surface area contributed by atoms with Crippen LogP contribution in [0.5, 0.6) is 5.75 Å². The van der Waals surface area contributed by atoms with Gasteiger partial charge in [-0.3, -0.25) is 4.98 Å². The number of thiophene rings is 1. The molecule has 1 saturated heterocycles. The molecule has 3 heterocycles. The lowest BCUT2D eigenvalue weighted by molar-refractivity contribution is 0.0729. The highest BCUT2D eigenvalue weighted by Crippen LogP contribution is 2.29. The largest absolute Gasteiger partial charge is 0.421 e. The fraction of sp³-hybridized carbons (Fsp3) is 0.333. The molecular formula is C15H16N2O5S2. The van der Waals surface area contributed by atoms with Crippen LogP contribution in [0.4, 0.5) is 0 Å². The summed E-state index contributed by atoms with van der Waals surface area (Å²) in [5, 5.41) is 0. The summed E-state index contributed by atoms with van der Waals surface area (Å²) >= 11 is 1.10. The lowest BCUT2D eigenvalue weighted by atomic mass is 10.4. The van der Waals surface area contributed by atoms with Gasteiger partial charge in [-0.1, -0.05) is 0 Å². The Kier molecular flexibility index (Phi) is 4.95. The summed E-state index contributed by atoms with van der Waals surface area (Å²) in [6.45, 7) is 3.05. The third-order valence-electron chi connectivity index (χ3n) is 3.51. The third kappa shape index (κ3) is 3.48. The minimum absolute atomic E-state index is 0.146. The number of nitrogens with zero attached hydrogens (tertiary/aromatic N) is 2. The molecule has 7 nitrogen and oxygen atoms in total. The van der Waals surface area contributed by atoms with Crippen molar-refractivity contribution in [2.75, 3.05) is 26.3 Å². The summed E-state index contributed by atoms with van der Waals surface area (Å²) < 4.78 is 37.2. The number of aromatic nitrogens is 1. The molecule has 24 heavy (non-hydrogen) atoms. The Morgan fingerprint density at radius 2 is 2.12 bits per heavy atom. The number of carbonyl (C=O) groups is 1. The van der Waals surface area contributed by atoms with Gasteiger partial charge in [0.05, 0.1) is 24.3 Å². The van der Waals surface area contributed by atoms with Gasteiger partial charge in [0.1, 0.15) is 10.6 Å². The van der Waals surface area contributed by atoms with Crippen molar-refractivity contribution in [2.45, 2.75) is 11.8 Å². The van der Waals surface area contributed by atoms with Crippen molar-refractivity contribution >= 4 is 27.3 Å². The van der Waals surface area contributed by atoms with Gasteiger partial charge < -0.3 is 9.47 Å². The van der Waals surface area contributed by atoms with Crippen molar-refractivity contribution < 1.29 is 22.7 Å². The minimum atomic E-state index is -3.63. The summed E-state index contributed by atoms with van der Waals surface area (Å²) in [6, 6.07) is 4.64. The van der Waals surface area contributed by atoms with Crippen LogP contribution in [0.25, 0.3) is 0 Å². The highest BCUT2D eigenvalue weighted by molar-refractivity contribution is 7.89. The van der Waals surface area contributed by atoms with Crippen molar-refractivity contribution in [2.24, 2.45) is 0 Å². The lowest BCUT2D eigenvalue weighted by Gasteiger charge is -2.25. The molecule has 0 aromatic carbocycles. The fourth-order valence-corrected chi connectivity index (χ4v) is 5.16. The molecule has 3 rings (SSSR count). The molecule has 2 aromatic heterocycles. The number of pyridine rings is 1. The zero-order valence-electron chi connectivity index (χ0n) is 13.0. The maximum atomic E-state index is 12.7. The molecule has 0 amide bonds. The Morgan fingerprint density at radius 3 is 2.79 bits per heavy atom. The topological polar surface area (TPSA) is 85.8 Å². The van der Waals surface area contributed by atoms with Crippen LogP contribution in [0.3, 0.4) is 0 Å².